The van der Waals surface area contributed by atoms with Crippen LogP contribution in [0.5, 0.6) is 0 Å². The lowest BCUT2D eigenvalue weighted by molar-refractivity contribution is -0.139. The van der Waals surface area contributed by atoms with Gasteiger partial charge in [-0.25, -0.2) is 4.39 Å². The number of Topliss-reactive ketones (excluding diaryl/α,β-unsaturated/α-hetero) is 1. The summed E-state index contributed by atoms with van der Waals surface area (Å²) in [5.74, 6) is -1.09. The third kappa shape index (κ3) is 3.98. The highest BCUT2D eigenvalue weighted by Crippen LogP contribution is 2.35. The molecule has 0 unspecified atom stereocenters. The standard InChI is InChI=1S/C11H17FO3/c1-11(12)6-4-8(5-7-11)9(13)2-3-10(14)15/h8H,2-7H2,1H3,(H,14,15). The molecule has 86 valence electrons. The fraction of sp³-hybridized carbons (Fsp3) is 0.818. The number of halogens is 1. The molecule has 0 heterocycles. The van der Waals surface area contributed by atoms with E-state index >= 15 is 0 Å². The summed E-state index contributed by atoms with van der Waals surface area (Å²) in [6.45, 7) is 1.56. The van der Waals surface area contributed by atoms with Crippen molar-refractivity contribution in [3.05, 3.63) is 0 Å². The topological polar surface area (TPSA) is 54.4 Å². The lowest BCUT2D eigenvalue weighted by atomic mass is 9.78. The van der Waals surface area contributed by atoms with Crippen molar-refractivity contribution in [1.82, 2.24) is 0 Å². The van der Waals surface area contributed by atoms with Gasteiger partial charge in [0.2, 0.25) is 0 Å². The molecule has 0 aromatic rings. The largest absolute Gasteiger partial charge is 0.481 e. The summed E-state index contributed by atoms with van der Waals surface area (Å²) in [5, 5.41) is 8.43. The van der Waals surface area contributed by atoms with Crippen LogP contribution in [-0.2, 0) is 9.59 Å². The number of carbonyl (C=O) groups excluding carboxylic acids is 1. The maximum Gasteiger partial charge on any atom is 0.303 e. The van der Waals surface area contributed by atoms with Gasteiger partial charge in [0.1, 0.15) is 11.5 Å². The summed E-state index contributed by atoms with van der Waals surface area (Å²) in [4.78, 5) is 21.8. The minimum atomic E-state index is -1.14. The first kappa shape index (κ1) is 12.1. The van der Waals surface area contributed by atoms with Gasteiger partial charge in [0.15, 0.2) is 0 Å². The normalized spacial score (nSPS) is 31.2. The SMILES string of the molecule is CC1(F)CCC(C(=O)CCC(=O)O)CC1. The molecule has 1 aliphatic carbocycles. The molecule has 1 rings (SSSR count). The number of hydrogen-bond acceptors (Lipinski definition) is 2. The molecule has 1 fully saturated rings. The van der Waals surface area contributed by atoms with Crippen LogP contribution in [0.15, 0.2) is 0 Å². The predicted octanol–water partition coefficient (Wildman–Crippen LogP) is 2.34. The van der Waals surface area contributed by atoms with E-state index in [2.05, 4.69) is 0 Å². The molecule has 3 nitrogen and oxygen atoms in total. The fourth-order valence-corrected chi connectivity index (χ4v) is 1.98. The van der Waals surface area contributed by atoms with Crippen LogP contribution in [0.2, 0.25) is 0 Å². The monoisotopic (exact) mass is 216 g/mol. The fourth-order valence-electron chi connectivity index (χ4n) is 1.98. The Hall–Kier alpha value is -0.930. The molecule has 0 aliphatic heterocycles. The molecule has 0 radical (unpaired) electrons. The van der Waals surface area contributed by atoms with Crippen LogP contribution in [0, 0.1) is 5.92 Å². The average Bonchev–Trinajstić information content (AvgIpc) is 2.14. The summed E-state index contributed by atoms with van der Waals surface area (Å²) < 4.78 is 13.4. The van der Waals surface area contributed by atoms with Gasteiger partial charge in [0.05, 0.1) is 6.42 Å². The van der Waals surface area contributed by atoms with Gasteiger partial charge in [0.25, 0.3) is 0 Å². The van der Waals surface area contributed by atoms with Crippen molar-refractivity contribution in [2.75, 3.05) is 0 Å². The van der Waals surface area contributed by atoms with Crippen LogP contribution in [0.25, 0.3) is 0 Å². The number of rotatable bonds is 4. The zero-order valence-corrected chi connectivity index (χ0v) is 8.96. The molecule has 1 aliphatic rings. The van der Waals surface area contributed by atoms with Crippen molar-refractivity contribution in [1.29, 1.82) is 0 Å². The smallest absolute Gasteiger partial charge is 0.303 e. The van der Waals surface area contributed by atoms with Crippen LogP contribution in [0.1, 0.15) is 45.4 Å². The summed E-state index contributed by atoms with van der Waals surface area (Å²) in [6, 6.07) is 0. The molecular weight excluding hydrogens is 199 g/mol. The second kappa shape index (κ2) is 4.73. The molecule has 0 bridgehead atoms. The van der Waals surface area contributed by atoms with Crippen molar-refractivity contribution in [3.63, 3.8) is 0 Å². The Kier molecular flexibility index (Phi) is 3.83. The molecule has 0 aromatic heterocycles. The third-order valence-electron chi connectivity index (χ3n) is 3.07. The van der Waals surface area contributed by atoms with Gasteiger partial charge in [-0.2, -0.15) is 0 Å². The summed E-state index contributed by atoms with van der Waals surface area (Å²) in [7, 11) is 0. The van der Waals surface area contributed by atoms with Crippen molar-refractivity contribution >= 4 is 11.8 Å². The lowest BCUT2D eigenvalue weighted by Crippen LogP contribution is -2.29. The minimum Gasteiger partial charge on any atom is -0.481 e. The minimum absolute atomic E-state index is 0.0205. The van der Waals surface area contributed by atoms with Crippen LogP contribution >= 0.6 is 0 Å². The van der Waals surface area contributed by atoms with Gasteiger partial charge < -0.3 is 5.11 Å². The van der Waals surface area contributed by atoms with E-state index in [1.807, 2.05) is 0 Å². The Balaban J connectivity index is 2.33. The summed E-state index contributed by atoms with van der Waals surface area (Å²) in [5.41, 5.74) is -1.14. The molecule has 1 N–H and O–H groups in total. The number of ketones is 1. The van der Waals surface area contributed by atoms with Crippen LogP contribution in [0.3, 0.4) is 0 Å². The lowest BCUT2D eigenvalue weighted by Gasteiger charge is -2.30. The van der Waals surface area contributed by atoms with Gasteiger partial charge in [-0.05, 0) is 32.6 Å². The van der Waals surface area contributed by atoms with E-state index in [-0.39, 0.29) is 24.5 Å². The summed E-state index contributed by atoms with van der Waals surface area (Å²) >= 11 is 0. The van der Waals surface area contributed by atoms with Gasteiger partial charge in [0, 0.05) is 12.3 Å². The highest BCUT2D eigenvalue weighted by atomic mass is 19.1. The quantitative estimate of drug-likeness (QED) is 0.784. The van der Waals surface area contributed by atoms with Crippen LogP contribution in [0.4, 0.5) is 4.39 Å². The van der Waals surface area contributed by atoms with E-state index in [0.29, 0.717) is 25.7 Å². The van der Waals surface area contributed by atoms with E-state index < -0.39 is 11.6 Å². The number of aliphatic carboxylic acids is 1. The molecule has 0 saturated heterocycles. The molecular formula is C11H17FO3. The Morgan fingerprint density at radius 2 is 1.87 bits per heavy atom. The Morgan fingerprint density at radius 1 is 1.33 bits per heavy atom. The van der Waals surface area contributed by atoms with Gasteiger partial charge in [-0.3, -0.25) is 9.59 Å². The van der Waals surface area contributed by atoms with E-state index in [0.717, 1.165) is 0 Å². The molecule has 15 heavy (non-hydrogen) atoms. The number of alkyl halides is 1. The molecule has 0 amide bonds. The molecule has 0 atom stereocenters. The zero-order chi connectivity index (χ0) is 11.5. The van der Waals surface area contributed by atoms with E-state index in [9.17, 15) is 14.0 Å². The van der Waals surface area contributed by atoms with E-state index in [1.54, 1.807) is 6.92 Å². The first-order chi connectivity index (χ1) is 6.91. The molecule has 1 saturated carbocycles. The molecule has 4 heteroatoms. The van der Waals surface area contributed by atoms with Gasteiger partial charge >= 0.3 is 5.97 Å². The highest BCUT2D eigenvalue weighted by Gasteiger charge is 2.33. The van der Waals surface area contributed by atoms with Gasteiger partial charge in [-0.15, -0.1) is 0 Å². The Morgan fingerprint density at radius 3 is 2.33 bits per heavy atom. The Labute approximate surface area is 88.7 Å². The number of carboxylic acids is 1. The van der Waals surface area contributed by atoms with Crippen molar-refractivity contribution < 1.29 is 19.1 Å². The predicted molar refractivity (Wildman–Crippen MR) is 53.3 cm³/mol. The number of carboxylic acid groups (broad SMARTS) is 1. The average molecular weight is 216 g/mol. The van der Waals surface area contributed by atoms with Crippen molar-refractivity contribution in [3.8, 4) is 0 Å². The van der Waals surface area contributed by atoms with Crippen LogP contribution in [-0.4, -0.2) is 22.5 Å². The second-order valence-corrected chi connectivity index (χ2v) is 4.55. The summed E-state index contributed by atoms with van der Waals surface area (Å²) in [6.07, 6.45) is 1.93. The second-order valence-electron chi connectivity index (χ2n) is 4.55. The van der Waals surface area contributed by atoms with Crippen LogP contribution < -0.4 is 0 Å². The first-order valence-corrected chi connectivity index (χ1v) is 5.34. The Bertz CT molecular complexity index is 251. The number of hydrogen-bond donors (Lipinski definition) is 1. The number of carbonyl (C=O) groups is 2. The van der Waals surface area contributed by atoms with Gasteiger partial charge in [-0.1, -0.05) is 0 Å². The van der Waals surface area contributed by atoms with Crippen molar-refractivity contribution in [2.45, 2.75) is 51.1 Å². The zero-order valence-electron chi connectivity index (χ0n) is 8.96. The van der Waals surface area contributed by atoms with Crippen molar-refractivity contribution in [2.24, 2.45) is 5.92 Å². The molecule has 0 spiro atoms. The van der Waals surface area contributed by atoms with E-state index in [4.69, 9.17) is 5.11 Å². The first-order valence-electron chi connectivity index (χ1n) is 5.34. The third-order valence-corrected chi connectivity index (χ3v) is 3.07. The maximum absolute atomic E-state index is 13.4. The van der Waals surface area contributed by atoms with E-state index in [1.165, 1.54) is 0 Å². The molecule has 0 aromatic carbocycles. The highest BCUT2D eigenvalue weighted by molar-refractivity contribution is 5.84. The maximum atomic E-state index is 13.4.